The number of aromatic nitrogens is 3. The van der Waals surface area contributed by atoms with E-state index in [9.17, 15) is 4.79 Å². The van der Waals surface area contributed by atoms with Gasteiger partial charge in [-0.3, -0.25) is 4.79 Å². The molecule has 0 aliphatic rings. The predicted octanol–water partition coefficient (Wildman–Crippen LogP) is 2.61. The molecule has 0 bridgehead atoms. The summed E-state index contributed by atoms with van der Waals surface area (Å²) in [7, 11) is 0. The molecule has 3 aromatic heterocycles. The van der Waals surface area contributed by atoms with E-state index in [0.29, 0.717) is 12.2 Å². The van der Waals surface area contributed by atoms with Gasteiger partial charge in [0, 0.05) is 18.3 Å². The van der Waals surface area contributed by atoms with Gasteiger partial charge in [-0.25, -0.2) is 4.98 Å². The van der Waals surface area contributed by atoms with Gasteiger partial charge in [0.1, 0.15) is 17.1 Å². The van der Waals surface area contributed by atoms with Gasteiger partial charge in [-0.1, -0.05) is 11.2 Å². The fraction of sp³-hybridized carbons (Fsp3) is 0.353. The van der Waals surface area contributed by atoms with Crippen LogP contribution in [-0.4, -0.2) is 27.0 Å². The first-order chi connectivity index (χ1) is 11.1. The Labute approximate surface area is 134 Å². The van der Waals surface area contributed by atoms with Crippen LogP contribution in [0.15, 0.2) is 28.9 Å². The highest BCUT2D eigenvalue weighted by Gasteiger charge is 2.15. The summed E-state index contributed by atoms with van der Waals surface area (Å²) < 4.78 is 7.06. The van der Waals surface area contributed by atoms with E-state index >= 15 is 0 Å². The normalized spacial score (nSPS) is 11.1. The average molecular weight is 312 g/mol. The molecule has 0 saturated carbocycles. The quantitative estimate of drug-likeness (QED) is 0.735. The summed E-state index contributed by atoms with van der Waals surface area (Å²) in [4.78, 5) is 16.7. The Morgan fingerprint density at radius 2 is 2.13 bits per heavy atom. The van der Waals surface area contributed by atoms with Crippen molar-refractivity contribution in [2.24, 2.45) is 0 Å². The van der Waals surface area contributed by atoms with Crippen LogP contribution in [-0.2, 0) is 6.42 Å². The Morgan fingerprint density at radius 1 is 1.30 bits per heavy atom. The number of aryl methyl sites for hydroxylation is 3. The topological polar surface area (TPSA) is 72.4 Å². The Kier molecular flexibility index (Phi) is 4.14. The van der Waals surface area contributed by atoms with Crippen LogP contribution in [0, 0.1) is 20.8 Å². The average Bonchev–Trinajstić information content (AvgIpc) is 3.05. The summed E-state index contributed by atoms with van der Waals surface area (Å²) >= 11 is 0. The molecule has 3 aromatic rings. The Balaban J connectivity index is 1.60. The smallest absolute Gasteiger partial charge is 0.271 e. The van der Waals surface area contributed by atoms with E-state index in [1.54, 1.807) is 0 Å². The molecule has 1 amide bonds. The third-order valence-corrected chi connectivity index (χ3v) is 4.05. The van der Waals surface area contributed by atoms with Crippen LogP contribution in [0.25, 0.3) is 5.65 Å². The van der Waals surface area contributed by atoms with Crippen LogP contribution >= 0.6 is 0 Å². The molecule has 0 radical (unpaired) electrons. The molecule has 0 atom stereocenters. The molecule has 6 heteroatoms. The van der Waals surface area contributed by atoms with Gasteiger partial charge >= 0.3 is 0 Å². The fourth-order valence-electron chi connectivity index (χ4n) is 2.74. The van der Waals surface area contributed by atoms with Crippen molar-refractivity contribution in [2.45, 2.75) is 33.6 Å². The monoisotopic (exact) mass is 312 g/mol. The molecule has 0 aromatic carbocycles. The SMILES string of the molecule is Cc1noc(C)c1CCCNC(=O)c1nc2ccccn2c1C. The Morgan fingerprint density at radius 3 is 2.83 bits per heavy atom. The molecule has 0 aliphatic carbocycles. The third-order valence-electron chi connectivity index (χ3n) is 4.05. The molecule has 0 saturated heterocycles. The van der Waals surface area contributed by atoms with Crippen molar-refractivity contribution in [3.05, 3.63) is 52.8 Å². The number of carbonyl (C=O) groups is 1. The van der Waals surface area contributed by atoms with Gasteiger partial charge in [-0.05, 0) is 45.7 Å². The zero-order valence-electron chi connectivity index (χ0n) is 13.6. The number of amides is 1. The van der Waals surface area contributed by atoms with Crippen molar-refractivity contribution in [3.63, 3.8) is 0 Å². The lowest BCUT2D eigenvalue weighted by atomic mass is 10.1. The van der Waals surface area contributed by atoms with Crippen molar-refractivity contribution in [2.75, 3.05) is 6.54 Å². The van der Waals surface area contributed by atoms with Gasteiger partial charge in [-0.15, -0.1) is 0 Å². The number of rotatable bonds is 5. The summed E-state index contributed by atoms with van der Waals surface area (Å²) in [5.74, 6) is 0.718. The van der Waals surface area contributed by atoms with E-state index in [1.807, 2.05) is 49.6 Å². The fourth-order valence-corrected chi connectivity index (χ4v) is 2.74. The maximum atomic E-state index is 12.3. The van der Waals surface area contributed by atoms with E-state index in [4.69, 9.17) is 4.52 Å². The number of nitrogens with one attached hydrogen (secondary N) is 1. The molecule has 23 heavy (non-hydrogen) atoms. The zero-order valence-corrected chi connectivity index (χ0v) is 13.6. The summed E-state index contributed by atoms with van der Waals surface area (Å²) in [6, 6.07) is 5.72. The van der Waals surface area contributed by atoms with Crippen LogP contribution in [0.5, 0.6) is 0 Å². The van der Waals surface area contributed by atoms with E-state index < -0.39 is 0 Å². The number of fused-ring (bicyclic) bond motifs is 1. The molecule has 0 spiro atoms. The number of hydrogen-bond acceptors (Lipinski definition) is 4. The predicted molar refractivity (Wildman–Crippen MR) is 86.6 cm³/mol. The van der Waals surface area contributed by atoms with Crippen LogP contribution in [0.4, 0.5) is 0 Å². The van der Waals surface area contributed by atoms with Crippen molar-refractivity contribution in [1.29, 1.82) is 0 Å². The summed E-state index contributed by atoms with van der Waals surface area (Å²) in [5, 5.41) is 6.87. The highest BCUT2D eigenvalue weighted by Crippen LogP contribution is 2.14. The lowest BCUT2D eigenvalue weighted by Crippen LogP contribution is -2.25. The summed E-state index contributed by atoms with van der Waals surface area (Å²) in [6.45, 7) is 6.34. The molecular formula is C17H20N4O2. The molecule has 3 rings (SSSR count). The standard InChI is InChI=1S/C17H20N4O2/c1-11-14(13(3)23-20-11)7-6-9-18-17(22)16-12(2)21-10-5-4-8-15(21)19-16/h4-5,8,10H,6-7,9H2,1-3H3,(H,18,22). The highest BCUT2D eigenvalue weighted by atomic mass is 16.5. The second-order valence-electron chi connectivity index (χ2n) is 5.64. The van der Waals surface area contributed by atoms with Crippen molar-refractivity contribution >= 4 is 11.6 Å². The zero-order chi connectivity index (χ0) is 16.4. The van der Waals surface area contributed by atoms with E-state index in [1.165, 1.54) is 0 Å². The van der Waals surface area contributed by atoms with Gasteiger partial charge in [0.25, 0.3) is 5.91 Å². The van der Waals surface area contributed by atoms with Crippen LogP contribution in [0.1, 0.15) is 39.6 Å². The van der Waals surface area contributed by atoms with Gasteiger partial charge < -0.3 is 14.2 Å². The molecule has 3 heterocycles. The summed E-state index contributed by atoms with van der Waals surface area (Å²) in [5.41, 5.74) is 4.16. The third kappa shape index (κ3) is 2.97. The first-order valence-corrected chi connectivity index (χ1v) is 7.71. The molecule has 6 nitrogen and oxygen atoms in total. The Hall–Kier alpha value is -2.63. The summed E-state index contributed by atoms with van der Waals surface area (Å²) in [6.07, 6.45) is 3.58. The molecule has 0 unspecified atom stereocenters. The Bertz CT molecular complexity index is 828. The number of carbonyl (C=O) groups excluding carboxylic acids is 1. The van der Waals surface area contributed by atoms with Gasteiger partial charge in [0.2, 0.25) is 0 Å². The molecule has 0 fully saturated rings. The van der Waals surface area contributed by atoms with Crippen molar-refractivity contribution in [1.82, 2.24) is 19.9 Å². The van der Waals surface area contributed by atoms with Crippen LogP contribution < -0.4 is 5.32 Å². The lowest BCUT2D eigenvalue weighted by Gasteiger charge is -2.04. The maximum absolute atomic E-state index is 12.3. The molecular weight excluding hydrogens is 292 g/mol. The van der Waals surface area contributed by atoms with Gasteiger partial charge in [-0.2, -0.15) is 0 Å². The minimum Gasteiger partial charge on any atom is -0.361 e. The molecule has 120 valence electrons. The maximum Gasteiger partial charge on any atom is 0.271 e. The van der Waals surface area contributed by atoms with Gasteiger partial charge in [0.05, 0.1) is 11.4 Å². The second kappa shape index (κ2) is 6.24. The van der Waals surface area contributed by atoms with Crippen LogP contribution in [0.3, 0.4) is 0 Å². The lowest BCUT2D eigenvalue weighted by molar-refractivity contribution is 0.0948. The number of pyridine rings is 1. The minimum absolute atomic E-state index is 0.134. The van der Waals surface area contributed by atoms with E-state index in [0.717, 1.165) is 41.2 Å². The highest BCUT2D eigenvalue weighted by molar-refractivity contribution is 5.94. The van der Waals surface area contributed by atoms with E-state index in [-0.39, 0.29) is 5.91 Å². The van der Waals surface area contributed by atoms with Crippen molar-refractivity contribution in [3.8, 4) is 0 Å². The molecule has 1 N–H and O–H groups in total. The van der Waals surface area contributed by atoms with E-state index in [2.05, 4.69) is 15.5 Å². The number of nitrogens with zero attached hydrogens (tertiary/aromatic N) is 3. The van der Waals surface area contributed by atoms with Gasteiger partial charge in [0.15, 0.2) is 0 Å². The first-order valence-electron chi connectivity index (χ1n) is 7.71. The largest absolute Gasteiger partial charge is 0.361 e. The van der Waals surface area contributed by atoms with Crippen LogP contribution in [0.2, 0.25) is 0 Å². The minimum atomic E-state index is -0.134. The number of hydrogen-bond donors (Lipinski definition) is 1. The van der Waals surface area contributed by atoms with Crippen molar-refractivity contribution < 1.29 is 9.32 Å². The number of imidazole rings is 1. The first kappa shape index (κ1) is 15.3. The second-order valence-corrected chi connectivity index (χ2v) is 5.64. The molecule has 0 aliphatic heterocycles.